The van der Waals surface area contributed by atoms with Crippen molar-refractivity contribution in [3.8, 4) is 0 Å². The van der Waals surface area contributed by atoms with Gasteiger partial charge in [-0.2, -0.15) is 0 Å². The highest BCUT2D eigenvalue weighted by Crippen LogP contribution is 2.16. The third-order valence-corrected chi connectivity index (χ3v) is 3.81. The van der Waals surface area contributed by atoms with Gasteiger partial charge in [-0.3, -0.25) is 0 Å². The molecule has 86 valence electrons. The lowest BCUT2D eigenvalue weighted by atomic mass is 10.3. The molecule has 0 aliphatic rings. The maximum atomic E-state index is 5.34. The second-order valence-electron chi connectivity index (χ2n) is 3.89. The van der Waals surface area contributed by atoms with Crippen LogP contribution in [0.3, 0.4) is 0 Å². The van der Waals surface area contributed by atoms with Crippen LogP contribution in [0.2, 0.25) is 0 Å². The number of aryl methyl sites for hydroxylation is 1. The van der Waals surface area contributed by atoms with Crippen LogP contribution in [-0.2, 0) is 6.54 Å². The summed E-state index contributed by atoms with van der Waals surface area (Å²) in [7, 11) is 0. The fraction of sp³-hybridized carbons (Fsp3) is 0.167. The van der Waals surface area contributed by atoms with Gasteiger partial charge in [0.25, 0.3) is 0 Å². The minimum Gasteiger partial charge on any atom is -0.331 e. The number of imidazole rings is 1. The number of hydrogen-bond donors (Lipinski definition) is 1. The summed E-state index contributed by atoms with van der Waals surface area (Å²) in [6.07, 6.45) is 0. The van der Waals surface area contributed by atoms with Crippen molar-refractivity contribution in [3.05, 3.63) is 45.1 Å². The van der Waals surface area contributed by atoms with Gasteiger partial charge >= 0.3 is 0 Å². The zero-order valence-corrected chi connectivity index (χ0v) is 10.9. The Hall–Kier alpha value is -1.46. The number of aromatic amines is 1. The van der Waals surface area contributed by atoms with Crippen LogP contribution in [0, 0.1) is 11.7 Å². The maximum Gasteiger partial charge on any atom is 0.178 e. The third kappa shape index (κ3) is 1.92. The van der Waals surface area contributed by atoms with Crippen LogP contribution in [-0.4, -0.2) is 14.5 Å². The normalized spacial score (nSPS) is 11.1. The lowest BCUT2D eigenvalue weighted by Gasteiger charge is -2.01. The largest absolute Gasteiger partial charge is 0.331 e. The molecule has 0 aliphatic heterocycles. The number of para-hydroxylation sites is 2. The number of rotatable bonds is 2. The van der Waals surface area contributed by atoms with Crippen molar-refractivity contribution in [3.63, 3.8) is 0 Å². The topological polar surface area (TPSA) is 33.6 Å². The van der Waals surface area contributed by atoms with Crippen molar-refractivity contribution in [2.75, 3.05) is 0 Å². The number of hydrogen-bond acceptors (Lipinski definition) is 3. The summed E-state index contributed by atoms with van der Waals surface area (Å²) in [4.78, 5) is 7.68. The number of thiazole rings is 1. The second kappa shape index (κ2) is 4.09. The number of H-pyrrole nitrogens is 1. The van der Waals surface area contributed by atoms with Crippen molar-refractivity contribution in [1.82, 2.24) is 14.5 Å². The summed E-state index contributed by atoms with van der Waals surface area (Å²) in [6, 6.07) is 8.13. The molecule has 0 amide bonds. The van der Waals surface area contributed by atoms with E-state index < -0.39 is 0 Å². The second-order valence-corrected chi connectivity index (χ2v) is 5.34. The van der Waals surface area contributed by atoms with Crippen LogP contribution in [0.25, 0.3) is 11.0 Å². The fourth-order valence-corrected chi connectivity index (χ4v) is 2.78. The highest BCUT2D eigenvalue weighted by molar-refractivity contribution is 7.71. The molecule has 17 heavy (non-hydrogen) atoms. The average Bonchev–Trinajstić information content (AvgIpc) is 2.85. The molecule has 0 unspecified atom stereocenters. The van der Waals surface area contributed by atoms with Crippen LogP contribution in [0.5, 0.6) is 0 Å². The van der Waals surface area contributed by atoms with Crippen LogP contribution >= 0.6 is 23.6 Å². The van der Waals surface area contributed by atoms with E-state index in [4.69, 9.17) is 12.2 Å². The maximum absolute atomic E-state index is 5.34. The van der Waals surface area contributed by atoms with Crippen molar-refractivity contribution < 1.29 is 0 Å². The van der Waals surface area contributed by atoms with Crippen molar-refractivity contribution >= 4 is 34.6 Å². The number of fused-ring (bicyclic) bond motifs is 1. The zero-order chi connectivity index (χ0) is 11.8. The summed E-state index contributed by atoms with van der Waals surface area (Å²) in [5.74, 6) is 0. The predicted molar refractivity (Wildman–Crippen MR) is 73.1 cm³/mol. The van der Waals surface area contributed by atoms with E-state index in [-0.39, 0.29) is 0 Å². The van der Waals surface area contributed by atoms with Gasteiger partial charge in [0.1, 0.15) is 0 Å². The standard InChI is InChI=1S/C12H11N3S2/c1-8-13-9(7-17-8)6-15-11-5-3-2-4-10(11)14-12(15)16/h2-5,7H,6H2,1H3,(H,14,16). The molecule has 0 atom stereocenters. The van der Waals surface area contributed by atoms with Gasteiger partial charge in [0.05, 0.1) is 28.3 Å². The highest BCUT2D eigenvalue weighted by atomic mass is 32.1. The average molecular weight is 261 g/mol. The molecule has 3 aromatic rings. The Morgan fingerprint density at radius 3 is 3.00 bits per heavy atom. The lowest BCUT2D eigenvalue weighted by Crippen LogP contribution is -1.99. The Bertz CT molecular complexity index is 721. The lowest BCUT2D eigenvalue weighted by molar-refractivity contribution is 0.789. The number of aromatic nitrogens is 3. The minimum atomic E-state index is 0.729. The van der Waals surface area contributed by atoms with E-state index in [1.807, 2.05) is 25.1 Å². The third-order valence-electron chi connectivity index (χ3n) is 2.67. The van der Waals surface area contributed by atoms with Crippen molar-refractivity contribution in [1.29, 1.82) is 0 Å². The molecular formula is C12H11N3S2. The summed E-state index contributed by atoms with van der Waals surface area (Å²) < 4.78 is 2.83. The van der Waals surface area contributed by atoms with E-state index in [2.05, 4.69) is 26.0 Å². The Morgan fingerprint density at radius 1 is 1.41 bits per heavy atom. The van der Waals surface area contributed by atoms with Gasteiger partial charge in [-0.05, 0) is 31.3 Å². The number of nitrogens with zero attached hydrogens (tertiary/aromatic N) is 2. The monoisotopic (exact) mass is 261 g/mol. The van der Waals surface area contributed by atoms with Gasteiger partial charge in [0.15, 0.2) is 4.77 Å². The first-order valence-corrected chi connectivity index (χ1v) is 6.61. The van der Waals surface area contributed by atoms with E-state index >= 15 is 0 Å². The minimum absolute atomic E-state index is 0.729. The molecule has 2 aromatic heterocycles. The summed E-state index contributed by atoms with van der Waals surface area (Å²) in [6.45, 7) is 2.75. The molecular weight excluding hydrogens is 250 g/mol. The molecule has 0 fully saturated rings. The van der Waals surface area contributed by atoms with E-state index in [0.717, 1.165) is 33.1 Å². The van der Waals surface area contributed by atoms with Crippen LogP contribution in [0.4, 0.5) is 0 Å². The fourth-order valence-electron chi connectivity index (χ4n) is 1.91. The molecule has 0 aliphatic carbocycles. The van der Waals surface area contributed by atoms with Crippen LogP contribution in [0.15, 0.2) is 29.6 Å². The molecule has 1 aromatic carbocycles. The van der Waals surface area contributed by atoms with Crippen molar-refractivity contribution in [2.24, 2.45) is 0 Å². The molecule has 3 nitrogen and oxygen atoms in total. The number of benzene rings is 1. The molecule has 0 radical (unpaired) electrons. The van der Waals surface area contributed by atoms with E-state index in [1.165, 1.54) is 0 Å². The molecule has 5 heteroatoms. The molecule has 3 rings (SSSR count). The predicted octanol–water partition coefficient (Wildman–Crippen LogP) is 3.51. The van der Waals surface area contributed by atoms with Gasteiger partial charge in [0, 0.05) is 5.38 Å². The van der Waals surface area contributed by atoms with Gasteiger partial charge in [-0.15, -0.1) is 11.3 Å². The first-order valence-electron chi connectivity index (χ1n) is 5.32. The Morgan fingerprint density at radius 2 is 2.24 bits per heavy atom. The van der Waals surface area contributed by atoms with E-state index in [0.29, 0.717) is 0 Å². The molecule has 0 saturated carbocycles. The number of nitrogens with one attached hydrogen (secondary N) is 1. The van der Waals surface area contributed by atoms with Gasteiger partial charge in [-0.25, -0.2) is 4.98 Å². The zero-order valence-electron chi connectivity index (χ0n) is 9.30. The SMILES string of the molecule is Cc1nc(Cn2c(=S)[nH]c3ccccc32)cs1. The Balaban J connectivity index is 2.11. The van der Waals surface area contributed by atoms with Gasteiger partial charge in [-0.1, -0.05) is 12.1 Å². The molecule has 0 spiro atoms. The van der Waals surface area contributed by atoms with Gasteiger partial charge in [0.2, 0.25) is 0 Å². The van der Waals surface area contributed by atoms with Crippen LogP contribution < -0.4 is 0 Å². The highest BCUT2D eigenvalue weighted by Gasteiger charge is 2.05. The smallest absolute Gasteiger partial charge is 0.178 e. The van der Waals surface area contributed by atoms with Gasteiger partial charge < -0.3 is 9.55 Å². The summed E-state index contributed by atoms with van der Waals surface area (Å²) in [5.41, 5.74) is 3.26. The molecule has 1 N–H and O–H groups in total. The Kier molecular flexibility index (Phi) is 2.57. The molecule has 0 saturated heterocycles. The molecule has 0 bridgehead atoms. The Labute approximate surface area is 108 Å². The quantitative estimate of drug-likeness (QED) is 0.716. The van der Waals surface area contributed by atoms with Crippen molar-refractivity contribution in [2.45, 2.75) is 13.5 Å². The first-order chi connectivity index (χ1) is 8.24. The molecule has 2 heterocycles. The summed E-state index contributed by atoms with van der Waals surface area (Å²) in [5, 5.41) is 3.17. The first kappa shape index (κ1) is 10.7. The van der Waals surface area contributed by atoms with Crippen LogP contribution in [0.1, 0.15) is 10.7 Å². The summed E-state index contributed by atoms with van der Waals surface area (Å²) >= 11 is 7.01. The van der Waals surface area contributed by atoms with E-state index in [9.17, 15) is 0 Å². The van der Waals surface area contributed by atoms with E-state index in [1.54, 1.807) is 11.3 Å².